The molecule has 7 saturated heterocycles. The average Bonchev–Trinajstić information content (AvgIpc) is 0.828. The first kappa shape index (κ1) is 158. The molecule has 0 aliphatic carbocycles. The molecular formula is C110H247N13O11S. The molecule has 0 unspecified atom stereocenters. The van der Waals surface area contributed by atoms with E-state index in [-0.39, 0.29) is 119 Å². The molecule has 7 aliphatic rings. The van der Waals surface area contributed by atoms with Gasteiger partial charge in [-0.2, -0.15) is 0 Å². The molecule has 0 aromatic rings. The second kappa shape index (κ2) is 76.9. The topological polar surface area (TPSA) is 241 Å². The number of sulfone groups is 1. The third-order valence-electron chi connectivity index (χ3n) is 23.0. The number of allylic oxidation sites excluding steroid dienone is 1. The van der Waals surface area contributed by atoms with Crippen molar-refractivity contribution in [3.8, 4) is 0 Å². The maximum absolute atomic E-state index is 12.2. The molecule has 0 spiro atoms. The SMILES string of the molecule is C.C.C.C.C.C.C=CC(=O)C(C)C.CC(=O)C(C)(C)C.CC(C)(C)CCO.CC(C)(C)N1CCC(O)CC1.CC(C)(C)N1CCNCC1.CC(C)(C)OCCO.CC(C)S(C)(=O)=O.CCCOC(C)(C)C.CN(C)CCC(C)(C)C.CN1CCC(N2CCN(C(=O)C(C)(C)C)CC2)CC1.CN1CCC(N2CCN(C(C)(C)C)CC2)CC1.CN1CCN(C(C)(C)C)CC1.CNC(=O)C(C)(C)C. The van der Waals surface area contributed by atoms with Crippen molar-refractivity contribution in [1.82, 2.24) is 64.5 Å². The van der Waals surface area contributed by atoms with Gasteiger partial charge in [0.1, 0.15) is 15.6 Å². The maximum atomic E-state index is 12.2. The number of hydrogen-bond donors (Lipinski definition) is 5. The van der Waals surface area contributed by atoms with E-state index in [1.54, 1.807) is 27.8 Å². The Morgan fingerprint density at radius 3 is 0.933 bits per heavy atom. The Balaban J connectivity index is -0.000000123. The monoisotopic (exact) mass is 1960 g/mol. The zero-order valence-corrected chi connectivity index (χ0v) is 94.9. The lowest BCUT2D eigenvalue weighted by Gasteiger charge is -2.46. The molecule has 0 atom stereocenters. The number of likely N-dealkylation sites (N-methyl/N-ethyl adjacent to an activating group) is 1. The van der Waals surface area contributed by atoms with Gasteiger partial charge in [0.05, 0.1) is 35.8 Å². The van der Waals surface area contributed by atoms with Crippen molar-refractivity contribution in [2.45, 2.75) is 429 Å². The fourth-order valence-electron chi connectivity index (χ4n) is 12.9. The van der Waals surface area contributed by atoms with Crippen LogP contribution in [0.4, 0.5) is 0 Å². The standard InChI is InChI=1S/C15H29N3O.C14H29N3.C9H20N2.C9H19NO.C8H18N2.C8H19N.C7H16O.C6H13NO.C6H14O2.C6H14O.C6H12O.C6H10O.C4H10O2S.6CH4/c1-15(2,3)14(19)18-11-9-17(10-12-18)13-5-7-16(4)8-6-13;1-14(2,3)17-11-9-16(10-12-17)13-5-7-15(4)8-6-13;1-9(2,3)11-7-5-10(4)6-8-11;1-9(2,3)10-6-4-8(11)5-7-10;1-8(2,3)10-6-4-9-5-7-10;1-8(2,3)6-7-9(4)5;1-5-6-8-7(2,3)4;1-6(2,3)5(8)7-4;1-6(2,3)8-5-4-7;1-6(2,3)4-5-7;1-5(7)6(2,3)4;1-4-6(7)5(2)3;1-4(2)7(3,5)6;;;;;;/h13H,5-12H2,1-4H3;13H,5-12H2,1-4H3;5-8H2,1-4H3;8,11H,4-7H2,1-3H3;9H,4-7H2,1-3H3;6-7H2,1-5H3;5-6H2,1-4H3;1-4H3,(H,7,8);7H,4-5H2,1-3H3;7H,4-5H2,1-3H3;1-4H3;4-5H,1H2,2-3H3;4H,1-3H3;6*1H4. The first-order valence-corrected chi connectivity index (χ1v) is 51.5. The van der Waals surface area contributed by atoms with Gasteiger partial charge in [-0.1, -0.05) is 176 Å². The van der Waals surface area contributed by atoms with Gasteiger partial charge in [-0.05, 0) is 288 Å². The molecule has 24 nitrogen and oxygen atoms in total. The Labute approximate surface area is 845 Å². The molecular weight excluding hydrogens is 1710 g/mol. The minimum atomic E-state index is -2.74. The number of amides is 2. The van der Waals surface area contributed by atoms with Crippen molar-refractivity contribution in [2.75, 3.05) is 225 Å². The lowest BCUT2D eigenvalue weighted by Crippen LogP contribution is -2.56. The van der Waals surface area contributed by atoms with Gasteiger partial charge in [0.25, 0.3) is 0 Å². The molecule has 0 aromatic carbocycles. The summed E-state index contributed by atoms with van der Waals surface area (Å²) in [4.78, 5) is 70.8. The molecule has 7 aliphatic heterocycles. The Morgan fingerprint density at radius 1 is 0.452 bits per heavy atom. The number of carbonyl (C=O) groups is 4. The molecule has 135 heavy (non-hydrogen) atoms. The number of carbonyl (C=O) groups excluding carboxylic acids is 4. The van der Waals surface area contributed by atoms with Crippen molar-refractivity contribution in [1.29, 1.82) is 0 Å². The van der Waals surface area contributed by atoms with E-state index in [1.165, 1.54) is 143 Å². The van der Waals surface area contributed by atoms with Gasteiger partial charge in [-0.25, -0.2) is 8.42 Å². The molecule has 0 radical (unpaired) electrons. The molecule has 824 valence electrons. The number of aliphatic hydroxyl groups excluding tert-OH is 3. The molecule has 0 aromatic heterocycles. The van der Waals surface area contributed by atoms with E-state index >= 15 is 0 Å². The van der Waals surface area contributed by atoms with Crippen LogP contribution in [0.1, 0.15) is 372 Å². The zero-order valence-electron chi connectivity index (χ0n) is 94.1. The van der Waals surface area contributed by atoms with Crippen molar-refractivity contribution in [3.63, 3.8) is 0 Å². The van der Waals surface area contributed by atoms with Crippen LogP contribution in [0, 0.1) is 33.0 Å². The summed E-state index contributed by atoms with van der Waals surface area (Å²) in [6, 6.07) is 1.59. The first-order chi connectivity index (χ1) is 58.1. The highest BCUT2D eigenvalue weighted by molar-refractivity contribution is 7.91. The summed E-state index contributed by atoms with van der Waals surface area (Å²) in [5.74, 6) is 0.845. The normalized spacial score (nSPS) is 17.8. The summed E-state index contributed by atoms with van der Waals surface area (Å²) in [6.07, 6.45) is 13.0. The number of piperidine rings is 3. The van der Waals surface area contributed by atoms with Crippen molar-refractivity contribution in [3.05, 3.63) is 12.7 Å². The molecule has 0 bridgehead atoms. The third kappa shape index (κ3) is 93.4. The number of Topliss-reactive ketones (excluding diaryl/α,β-unsaturated/α-hetero) is 1. The first-order valence-electron chi connectivity index (χ1n) is 49.5. The van der Waals surface area contributed by atoms with E-state index in [1.807, 2.05) is 102 Å². The van der Waals surface area contributed by atoms with Crippen molar-refractivity contribution < 1.29 is 52.4 Å². The Hall–Kier alpha value is -2.67. The van der Waals surface area contributed by atoms with E-state index in [0.29, 0.717) is 46.6 Å². The summed E-state index contributed by atoms with van der Waals surface area (Å²) < 4.78 is 31.2. The van der Waals surface area contributed by atoms with Crippen LogP contribution >= 0.6 is 0 Å². The second-order valence-electron chi connectivity index (χ2n) is 48.7. The number of piperazine rings is 4. The molecule has 7 rings (SSSR count). The number of ketones is 2. The Kier molecular flexibility index (Phi) is 89.8. The van der Waals surface area contributed by atoms with Gasteiger partial charge in [0.15, 0.2) is 5.78 Å². The average molecular weight is 1960 g/mol. The largest absolute Gasteiger partial charge is 0.396 e. The zero-order chi connectivity index (χ0) is 103. The van der Waals surface area contributed by atoms with E-state index < -0.39 is 9.84 Å². The Morgan fingerprint density at radius 2 is 0.748 bits per heavy atom. The van der Waals surface area contributed by atoms with Gasteiger partial charge >= 0.3 is 0 Å². The Bertz CT molecular complexity index is 2850. The van der Waals surface area contributed by atoms with Gasteiger partial charge in [-0.15, -0.1) is 0 Å². The van der Waals surface area contributed by atoms with Gasteiger partial charge in [0, 0.05) is 201 Å². The summed E-state index contributed by atoms with van der Waals surface area (Å²) in [6.45, 7) is 113. The number of nitrogens with zero attached hydrogens (tertiary/aromatic N) is 11. The molecule has 2 amide bonds. The van der Waals surface area contributed by atoms with E-state index in [0.717, 1.165) is 96.7 Å². The van der Waals surface area contributed by atoms with Crippen molar-refractivity contribution in [2.24, 2.45) is 33.0 Å². The highest BCUT2D eigenvalue weighted by Gasteiger charge is 2.35. The summed E-state index contributed by atoms with van der Waals surface area (Å²) in [5, 5.41) is 31.7. The predicted octanol–water partition coefficient (Wildman–Crippen LogP) is 20.2. The fraction of sp³-hybridized carbons (Fsp3) is 0.945. The second-order valence-corrected chi connectivity index (χ2v) is 51.3. The predicted molar refractivity (Wildman–Crippen MR) is 598 cm³/mol. The highest BCUT2D eigenvalue weighted by atomic mass is 32.2. The quantitative estimate of drug-likeness (QED) is 0.114. The fourth-order valence-corrected chi connectivity index (χ4v) is 12.9. The van der Waals surface area contributed by atoms with Crippen LogP contribution in [0.15, 0.2) is 12.7 Å². The minimum absolute atomic E-state index is 0. The summed E-state index contributed by atoms with van der Waals surface area (Å²) >= 11 is 0. The van der Waals surface area contributed by atoms with Gasteiger partial charge < -0.3 is 59.9 Å². The van der Waals surface area contributed by atoms with Crippen LogP contribution in [0.25, 0.3) is 0 Å². The number of likely N-dealkylation sites (tertiary alicyclic amines) is 3. The molecule has 7 fully saturated rings. The van der Waals surface area contributed by atoms with E-state index in [2.05, 4.69) is 254 Å². The van der Waals surface area contributed by atoms with E-state index in [4.69, 9.17) is 19.7 Å². The van der Waals surface area contributed by atoms with Crippen LogP contribution in [0.5, 0.6) is 0 Å². The van der Waals surface area contributed by atoms with Crippen LogP contribution < -0.4 is 10.6 Å². The van der Waals surface area contributed by atoms with Gasteiger partial charge in [-0.3, -0.25) is 48.6 Å². The lowest BCUT2D eigenvalue weighted by atomic mass is 9.92. The lowest BCUT2D eigenvalue weighted by molar-refractivity contribution is -0.141. The third-order valence-corrected chi connectivity index (χ3v) is 24.7. The number of hydrogen-bond acceptors (Lipinski definition) is 22. The highest BCUT2D eigenvalue weighted by Crippen LogP contribution is 2.26. The van der Waals surface area contributed by atoms with Gasteiger partial charge in [0.2, 0.25) is 11.8 Å². The number of nitrogens with one attached hydrogen (secondary N) is 2. The van der Waals surface area contributed by atoms with Crippen LogP contribution in [0.3, 0.4) is 0 Å². The number of aliphatic hydroxyl groups is 3. The van der Waals surface area contributed by atoms with E-state index in [9.17, 15) is 32.7 Å². The minimum Gasteiger partial charge on any atom is -0.396 e. The molecule has 25 heteroatoms. The summed E-state index contributed by atoms with van der Waals surface area (Å²) in [5.41, 5.74) is 1.46. The van der Waals surface area contributed by atoms with Crippen LogP contribution in [-0.2, 0) is 38.5 Å². The summed E-state index contributed by atoms with van der Waals surface area (Å²) in [7, 11) is 9.78. The smallest absolute Gasteiger partial charge is 0.228 e. The number of ether oxygens (including phenoxy) is 2. The number of rotatable bonds is 12. The molecule has 5 N–H and O–H groups in total. The van der Waals surface area contributed by atoms with Crippen LogP contribution in [-0.4, -0.2) is 383 Å². The van der Waals surface area contributed by atoms with Crippen LogP contribution in [0.2, 0.25) is 0 Å². The molecule has 0 saturated carbocycles. The maximum Gasteiger partial charge on any atom is 0.228 e. The van der Waals surface area contributed by atoms with Crippen molar-refractivity contribution >= 4 is 33.2 Å². The molecule has 7 heterocycles.